The molecule has 1 heterocycles. The van der Waals surface area contributed by atoms with Crippen LogP contribution in [0.15, 0.2) is 83.9 Å². The van der Waals surface area contributed by atoms with Gasteiger partial charge in [0, 0.05) is 11.1 Å². The van der Waals surface area contributed by atoms with Crippen molar-refractivity contribution in [1.82, 2.24) is 4.98 Å². The molecule has 3 rings (SSSR count). The molecule has 0 bridgehead atoms. The normalized spacial score (nSPS) is 13.2. The van der Waals surface area contributed by atoms with Gasteiger partial charge in [-0.15, -0.1) is 11.8 Å². The molecular formula is C20H19NO2S. The summed E-state index contributed by atoms with van der Waals surface area (Å²) in [5.41, 5.74) is 1.74. The fraction of sp³-hybridized carbons (Fsp3) is 0.150. The highest BCUT2D eigenvalue weighted by molar-refractivity contribution is 7.99. The van der Waals surface area contributed by atoms with Crippen LogP contribution in [0.4, 0.5) is 0 Å². The van der Waals surface area contributed by atoms with Crippen molar-refractivity contribution in [3.8, 4) is 5.75 Å². The summed E-state index contributed by atoms with van der Waals surface area (Å²) in [6, 6.07) is 23.3. The number of pyridine rings is 1. The van der Waals surface area contributed by atoms with E-state index in [2.05, 4.69) is 4.98 Å². The Labute approximate surface area is 146 Å². The first-order chi connectivity index (χ1) is 11.8. The van der Waals surface area contributed by atoms with Gasteiger partial charge in [-0.2, -0.15) is 0 Å². The van der Waals surface area contributed by atoms with Crippen molar-refractivity contribution in [3.05, 3.63) is 90.3 Å². The monoisotopic (exact) mass is 337 g/mol. The summed E-state index contributed by atoms with van der Waals surface area (Å²) in [6.45, 7) is 0. The van der Waals surface area contributed by atoms with Gasteiger partial charge in [0.25, 0.3) is 0 Å². The molecule has 2 atom stereocenters. The molecule has 0 saturated carbocycles. The number of aromatic nitrogens is 1. The Morgan fingerprint density at radius 1 is 0.917 bits per heavy atom. The Morgan fingerprint density at radius 2 is 1.62 bits per heavy atom. The lowest BCUT2D eigenvalue weighted by atomic mass is 10.0. The molecule has 0 aliphatic carbocycles. The topological polar surface area (TPSA) is 42.4 Å². The van der Waals surface area contributed by atoms with Gasteiger partial charge < -0.3 is 9.84 Å². The smallest absolute Gasteiger partial charge is 0.118 e. The molecule has 2 aromatic carbocycles. The molecule has 0 unspecified atom stereocenters. The van der Waals surface area contributed by atoms with Gasteiger partial charge in [0.1, 0.15) is 5.75 Å². The number of hydrogen-bond acceptors (Lipinski definition) is 4. The van der Waals surface area contributed by atoms with E-state index in [0.29, 0.717) is 0 Å². The molecule has 0 amide bonds. The van der Waals surface area contributed by atoms with E-state index < -0.39 is 6.10 Å². The van der Waals surface area contributed by atoms with Crippen molar-refractivity contribution in [3.63, 3.8) is 0 Å². The first-order valence-electron chi connectivity index (χ1n) is 7.72. The molecular weight excluding hydrogens is 318 g/mol. The minimum atomic E-state index is -0.645. The second-order valence-corrected chi connectivity index (χ2v) is 6.54. The third-order valence-electron chi connectivity index (χ3n) is 3.73. The van der Waals surface area contributed by atoms with Crippen LogP contribution >= 0.6 is 11.8 Å². The van der Waals surface area contributed by atoms with Crippen molar-refractivity contribution in [2.45, 2.75) is 16.2 Å². The highest BCUT2D eigenvalue weighted by Gasteiger charge is 2.25. The van der Waals surface area contributed by atoms with Crippen LogP contribution in [0.1, 0.15) is 22.6 Å². The molecule has 0 spiro atoms. The molecule has 122 valence electrons. The third kappa shape index (κ3) is 3.96. The van der Waals surface area contributed by atoms with E-state index in [4.69, 9.17) is 4.74 Å². The quantitative estimate of drug-likeness (QED) is 0.665. The molecule has 0 aliphatic heterocycles. The summed E-state index contributed by atoms with van der Waals surface area (Å²) >= 11 is 1.60. The highest BCUT2D eigenvalue weighted by Crippen LogP contribution is 2.43. The van der Waals surface area contributed by atoms with Crippen molar-refractivity contribution < 1.29 is 9.84 Å². The SMILES string of the molecule is COc1ccc(S[C@H](c2ccccn2)[C@@H](O)c2ccccc2)cc1. The number of benzene rings is 2. The molecule has 24 heavy (non-hydrogen) atoms. The predicted octanol–water partition coefficient (Wildman–Crippen LogP) is 4.66. The fourth-order valence-corrected chi connectivity index (χ4v) is 3.59. The van der Waals surface area contributed by atoms with Crippen molar-refractivity contribution in [1.29, 1.82) is 0 Å². The number of aliphatic hydroxyl groups is 1. The summed E-state index contributed by atoms with van der Waals surface area (Å²) in [6.07, 6.45) is 1.11. The zero-order valence-corrected chi connectivity index (χ0v) is 14.2. The molecule has 3 nitrogen and oxygen atoms in total. The van der Waals surface area contributed by atoms with Crippen LogP contribution in [0.5, 0.6) is 5.75 Å². The highest BCUT2D eigenvalue weighted by atomic mass is 32.2. The van der Waals surface area contributed by atoms with E-state index in [9.17, 15) is 5.11 Å². The number of aliphatic hydroxyl groups excluding tert-OH is 1. The van der Waals surface area contributed by atoms with Crippen LogP contribution in [0.2, 0.25) is 0 Å². The minimum Gasteiger partial charge on any atom is -0.497 e. The largest absolute Gasteiger partial charge is 0.497 e. The molecule has 3 aromatic rings. The maximum atomic E-state index is 10.9. The summed E-state index contributed by atoms with van der Waals surface area (Å²) in [5.74, 6) is 0.817. The van der Waals surface area contributed by atoms with E-state index >= 15 is 0 Å². The first-order valence-corrected chi connectivity index (χ1v) is 8.60. The van der Waals surface area contributed by atoms with Gasteiger partial charge in [0.05, 0.1) is 24.2 Å². The number of rotatable bonds is 6. The maximum Gasteiger partial charge on any atom is 0.118 e. The summed E-state index contributed by atoms with van der Waals surface area (Å²) in [5, 5.41) is 10.7. The third-order valence-corrected chi connectivity index (χ3v) is 5.03. The predicted molar refractivity (Wildman–Crippen MR) is 97.2 cm³/mol. The van der Waals surface area contributed by atoms with E-state index in [1.807, 2.05) is 72.8 Å². The van der Waals surface area contributed by atoms with Crippen LogP contribution in [-0.4, -0.2) is 17.2 Å². The summed E-state index contributed by atoms with van der Waals surface area (Å²) in [7, 11) is 1.65. The minimum absolute atomic E-state index is 0.193. The van der Waals surface area contributed by atoms with Crippen LogP contribution in [-0.2, 0) is 0 Å². The van der Waals surface area contributed by atoms with Crippen LogP contribution in [0.3, 0.4) is 0 Å². The van der Waals surface area contributed by atoms with E-state index in [1.54, 1.807) is 25.1 Å². The zero-order valence-electron chi connectivity index (χ0n) is 13.4. The Hall–Kier alpha value is -2.30. The Balaban J connectivity index is 1.90. The average molecular weight is 337 g/mol. The van der Waals surface area contributed by atoms with Crippen molar-refractivity contribution >= 4 is 11.8 Å². The van der Waals surface area contributed by atoms with Gasteiger partial charge in [-0.05, 0) is 42.0 Å². The van der Waals surface area contributed by atoms with Crippen molar-refractivity contribution in [2.75, 3.05) is 7.11 Å². The first kappa shape index (κ1) is 16.6. The summed E-state index contributed by atoms with van der Waals surface area (Å²) in [4.78, 5) is 5.51. The fourth-order valence-electron chi connectivity index (χ4n) is 2.46. The van der Waals surface area contributed by atoms with Gasteiger partial charge in [0.15, 0.2) is 0 Å². The second kappa shape index (κ2) is 7.99. The number of nitrogens with zero attached hydrogens (tertiary/aromatic N) is 1. The maximum absolute atomic E-state index is 10.9. The lowest BCUT2D eigenvalue weighted by Crippen LogP contribution is -2.09. The van der Waals surface area contributed by atoms with Crippen LogP contribution < -0.4 is 4.74 Å². The van der Waals surface area contributed by atoms with E-state index in [1.165, 1.54) is 0 Å². The molecule has 0 radical (unpaired) electrons. The Kier molecular flexibility index (Phi) is 5.51. The number of ether oxygens (including phenoxy) is 1. The average Bonchev–Trinajstić information content (AvgIpc) is 2.67. The molecule has 4 heteroatoms. The molecule has 1 N–H and O–H groups in total. The van der Waals surface area contributed by atoms with Crippen molar-refractivity contribution in [2.24, 2.45) is 0 Å². The Morgan fingerprint density at radius 3 is 2.25 bits per heavy atom. The number of hydrogen-bond donors (Lipinski definition) is 1. The van der Waals surface area contributed by atoms with Crippen LogP contribution in [0.25, 0.3) is 0 Å². The molecule has 1 aromatic heterocycles. The molecule has 0 fully saturated rings. The van der Waals surface area contributed by atoms with Gasteiger partial charge in [-0.25, -0.2) is 0 Å². The lowest BCUT2D eigenvalue weighted by molar-refractivity contribution is 0.173. The number of methoxy groups -OCH3 is 1. The Bertz CT molecular complexity index is 748. The summed E-state index contributed by atoms with van der Waals surface area (Å²) < 4.78 is 5.20. The van der Waals surface area contributed by atoms with Gasteiger partial charge >= 0.3 is 0 Å². The van der Waals surface area contributed by atoms with E-state index in [-0.39, 0.29) is 5.25 Å². The standard InChI is InChI=1S/C20H19NO2S/c1-23-16-10-12-17(13-11-16)24-20(18-9-5-6-14-21-18)19(22)15-7-3-2-4-8-15/h2-14,19-20,22H,1H3/t19-,20+/m0/s1. The van der Waals surface area contributed by atoms with Gasteiger partial charge in [-0.3, -0.25) is 4.98 Å². The van der Waals surface area contributed by atoms with Crippen LogP contribution in [0, 0.1) is 0 Å². The van der Waals surface area contributed by atoms with E-state index in [0.717, 1.165) is 21.9 Å². The molecule has 0 aliphatic rings. The van der Waals surface area contributed by atoms with Gasteiger partial charge in [-0.1, -0.05) is 36.4 Å². The molecule has 0 saturated heterocycles. The second-order valence-electron chi connectivity index (χ2n) is 5.32. The van der Waals surface area contributed by atoms with Gasteiger partial charge in [0.2, 0.25) is 0 Å². The number of thioether (sulfide) groups is 1. The lowest BCUT2D eigenvalue weighted by Gasteiger charge is -2.22. The zero-order chi connectivity index (χ0) is 16.8.